The van der Waals surface area contributed by atoms with Gasteiger partial charge in [-0.25, -0.2) is 9.97 Å². The third kappa shape index (κ3) is 3.79. The summed E-state index contributed by atoms with van der Waals surface area (Å²) in [7, 11) is 4.28. The second kappa shape index (κ2) is 8.53. The first-order chi connectivity index (χ1) is 15.2. The van der Waals surface area contributed by atoms with Gasteiger partial charge in [0.1, 0.15) is 5.65 Å². The average Bonchev–Trinajstić information content (AvgIpc) is 3.16. The van der Waals surface area contributed by atoms with Crippen LogP contribution >= 0.6 is 0 Å². The molecule has 0 aromatic carbocycles. The maximum absolute atomic E-state index is 10.3. The number of aromatic nitrogens is 4. The maximum atomic E-state index is 10.3. The highest BCUT2D eigenvalue weighted by molar-refractivity contribution is 5.51. The number of likely N-dealkylation sites (N-methyl/N-ethyl adjacent to an activating group) is 1. The average molecular weight is 422 g/mol. The van der Waals surface area contributed by atoms with Crippen molar-refractivity contribution in [3.05, 3.63) is 53.2 Å². The lowest BCUT2D eigenvalue weighted by atomic mass is 9.91. The van der Waals surface area contributed by atoms with E-state index in [0.29, 0.717) is 6.54 Å². The second-order valence-electron chi connectivity index (χ2n) is 8.76. The standard InChI is InChI=1S/C23H31N7O/c1-27-11-13-29(14-12-27)23-25-10-8-21-26-18(20(16-31)30(21)23)15-28(2)19-7-3-5-17-6-4-9-24-22(17)19/h4,6,8-10,19,31H,3,5,7,11-16H2,1-2H3. The number of hydrogen-bond donors (Lipinski definition) is 1. The van der Waals surface area contributed by atoms with E-state index in [-0.39, 0.29) is 12.6 Å². The number of nitrogens with zero attached hydrogens (tertiary/aromatic N) is 7. The normalized spacial score (nSPS) is 19.9. The number of fused-ring (bicyclic) bond motifs is 2. The van der Waals surface area contributed by atoms with Crippen LogP contribution in [-0.4, -0.2) is 74.5 Å². The van der Waals surface area contributed by atoms with E-state index in [1.165, 1.54) is 17.7 Å². The smallest absolute Gasteiger partial charge is 0.211 e. The summed E-state index contributed by atoms with van der Waals surface area (Å²) in [5.74, 6) is 0.876. The number of imidazole rings is 1. The van der Waals surface area contributed by atoms with Crippen molar-refractivity contribution in [2.24, 2.45) is 0 Å². The topological polar surface area (TPSA) is 73.0 Å². The Morgan fingerprint density at radius 2 is 1.97 bits per heavy atom. The van der Waals surface area contributed by atoms with Crippen LogP contribution in [0.4, 0.5) is 5.95 Å². The second-order valence-corrected chi connectivity index (χ2v) is 8.76. The molecule has 3 aromatic heterocycles. The summed E-state index contributed by atoms with van der Waals surface area (Å²) >= 11 is 0. The van der Waals surface area contributed by atoms with E-state index in [0.717, 1.165) is 62.0 Å². The van der Waals surface area contributed by atoms with Gasteiger partial charge >= 0.3 is 0 Å². The molecule has 1 unspecified atom stereocenters. The summed E-state index contributed by atoms with van der Waals surface area (Å²) in [6.45, 7) is 4.46. The first-order valence-corrected chi connectivity index (χ1v) is 11.2. The number of rotatable bonds is 5. The van der Waals surface area contributed by atoms with Crippen LogP contribution in [0.2, 0.25) is 0 Å². The van der Waals surface area contributed by atoms with Crippen LogP contribution in [0.25, 0.3) is 5.65 Å². The van der Waals surface area contributed by atoms with Crippen LogP contribution in [0.3, 0.4) is 0 Å². The molecule has 8 nitrogen and oxygen atoms in total. The summed E-state index contributed by atoms with van der Waals surface area (Å²) in [4.78, 5) is 21.2. The van der Waals surface area contributed by atoms with Crippen LogP contribution in [0.15, 0.2) is 30.6 Å². The quantitative estimate of drug-likeness (QED) is 0.674. The van der Waals surface area contributed by atoms with Crippen molar-refractivity contribution < 1.29 is 5.11 Å². The molecule has 1 N–H and O–H groups in total. The molecule has 0 radical (unpaired) electrons. The molecule has 1 aliphatic heterocycles. The van der Waals surface area contributed by atoms with Gasteiger partial charge in [0.05, 0.1) is 29.7 Å². The number of aryl methyl sites for hydroxylation is 1. The zero-order valence-electron chi connectivity index (χ0n) is 18.4. The first kappa shape index (κ1) is 20.4. The Morgan fingerprint density at radius 1 is 1.13 bits per heavy atom. The van der Waals surface area contributed by atoms with Crippen molar-refractivity contribution >= 4 is 11.6 Å². The molecule has 1 atom stereocenters. The Balaban J connectivity index is 1.46. The van der Waals surface area contributed by atoms with Gasteiger partial charge in [0.2, 0.25) is 5.95 Å². The van der Waals surface area contributed by atoms with Gasteiger partial charge in [0.25, 0.3) is 0 Å². The zero-order valence-corrected chi connectivity index (χ0v) is 18.4. The molecule has 5 rings (SSSR count). The molecule has 31 heavy (non-hydrogen) atoms. The van der Waals surface area contributed by atoms with E-state index < -0.39 is 0 Å². The molecule has 4 heterocycles. The minimum atomic E-state index is -0.0592. The highest BCUT2D eigenvalue weighted by Gasteiger charge is 2.27. The number of aliphatic hydroxyl groups excluding tert-OH is 1. The van der Waals surface area contributed by atoms with Gasteiger partial charge in [0, 0.05) is 45.1 Å². The molecule has 2 aliphatic rings. The molecule has 1 fully saturated rings. The predicted molar refractivity (Wildman–Crippen MR) is 120 cm³/mol. The molecular formula is C23H31N7O. The molecule has 3 aromatic rings. The van der Waals surface area contributed by atoms with E-state index >= 15 is 0 Å². The van der Waals surface area contributed by atoms with E-state index in [4.69, 9.17) is 9.97 Å². The molecule has 0 saturated carbocycles. The lowest BCUT2D eigenvalue weighted by Gasteiger charge is -2.33. The molecule has 1 saturated heterocycles. The van der Waals surface area contributed by atoms with Crippen molar-refractivity contribution in [1.82, 2.24) is 29.2 Å². The number of aliphatic hydroxyl groups is 1. The fourth-order valence-corrected chi connectivity index (χ4v) is 4.96. The largest absolute Gasteiger partial charge is 0.390 e. The maximum Gasteiger partial charge on any atom is 0.211 e. The van der Waals surface area contributed by atoms with Crippen LogP contribution < -0.4 is 4.90 Å². The Kier molecular flexibility index (Phi) is 5.60. The molecule has 0 amide bonds. The lowest BCUT2D eigenvalue weighted by Crippen LogP contribution is -2.45. The van der Waals surface area contributed by atoms with E-state index in [2.05, 4.69) is 39.8 Å². The molecule has 8 heteroatoms. The van der Waals surface area contributed by atoms with Crippen molar-refractivity contribution in [2.45, 2.75) is 38.5 Å². The van der Waals surface area contributed by atoms with Gasteiger partial charge in [-0.3, -0.25) is 14.3 Å². The summed E-state index contributed by atoms with van der Waals surface area (Å²) in [5, 5.41) is 10.3. The van der Waals surface area contributed by atoms with Gasteiger partial charge in [-0.1, -0.05) is 6.07 Å². The minimum absolute atomic E-state index is 0.0592. The molecule has 0 bridgehead atoms. The van der Waals surface area contributed by atoms with Crippen molar-refractivity contribution in [1.29, 1.82) is 0 Å². The monoisotopic (exact) mass is 421 g/mol. The molecule has 1 aliphatic carbocycles. The van der Waals surface area contributed by atoms with Gasteiger partial charge in [-0.2, -0.15) is 0 Å². The molecular weight excluding hydrogens is 390 g/mol. The number of anilines is 1. The fourth-order valence-electron chi connectivity index (χ4n) is 4.96. The SMILES string of the molecule is CN1CCN(c2nccc3nc(CN(C)C4CCCc5cccnc54)c(CO)n23)CC1. The number of hydrogen-bond acceptors (Lipinski definition) is 7. The minimum Gasteiger partial charge on any atom is -0.390 e. The zero-order chi connectivity index (χ0) is 21.4. The summed E-state index contributed by atoms with van der Waals surface area (Å²) in [6, 6.07) is 6.43. The van der Waals surface area contributed by atoms with Crippen molar-refractivity contribution in [2.75, 3.05) is 45.2 Å². The summed E-state index contributed by atoms with van der Waals surface area (Å²) in [5.41, 5.74) is 5.13. The van der Waals surface area contributed by atoms with Crippen LogP contribution in [-0.2, 0) is 19.6 Å². The third-order valence-corrected chi connectivity index (χ3v) is 6.73. The van der Waals surface area contributed by atoms with Crippen molar-refractivity contribution in [3.63, 3.8) is 0 Å². The third-order valence-electron chi connectivity index (χ3n) is 6.73. The number of pyridine rings is 1. The van der Waals surface area contributed by atoms with Crippen molar-refractivity contribution in [3.8, 4) is 0 Å². The van der Waals surface area contributed by atoms with Gasteiger partial charge < -0.3 is 14.9 Å². The summed E-state index contributed by atoms with van der Waals surface area (Å²) < 4.78 is 2.04. The Morgan fingerprint density at radius 3 is 2.77 bits per heavy atom. The Labute approximate surface area is 183 Å². The summed E-state index contributed by atoms with van der Waals surface area (Å²) in [6.07, 6.45) is 7.08. The van der Waals surface area contributed by atoms with Crippen LogP contribution in [0, 0.1) is 0 Å². The predicted octanol–water partition coefficient (Wildman–Crippen LogP) is 1.88. The highest BCUT2D eigenvalue weighted by Crippen LogP contribution is 2.33. The van der Waals surface area contributed by atoms with Gasteiger partial charge in [-0.05, 0) is 51.1 Å². The Hall–Kier alpha value is -2.55. The van der Waals surface area contributed by atoms with Gasteiger partial charge in [-0.15, -0.1) is 0 Å². The van der Waals surface area contributed by atoms with Crippen LogP contribution in [0.1, 0.15) is 41.5 Å². The Bertz CT molecular complexity index is 1060. The fraction of sp³-hybridized carbons (Fsp3) is 0.522. The van der Waals surface area contributed by atoms with E-state index in [1.54, 1.807) is 0 Å². The first-order valence-electron chi connectivity index (χ1n) is 11.2. The molecule has 0 spiro atoms. The van der Waals surface area contributed by atoms with Crippen LogP contribution in [0.5, 0.6) is 0 Å². The lowest BCUT2D eigenvalue weighted by molar-refractivity contribution is 0.203. The number of piperazine rings is 1. The van der Waals surface area contributed by atoms with Gasteiger partial charge in [0.15, 0.2) is 0 Å². The molecule has 164 valence electrons. The highest BCUT2D eigenvalue weighted by atomic mass is 16.3. The van der Waals surface area contributed by atoms with E-state index in [9.17, 15) is 5.11 Å². The van der Waals surface area contributed by atoms with E-state index in [1.807, 2.05) is 28.9 Å².